The van der Waals surface area contributed by atoms with Gasteiger partial charge in [0.15, 0.2) is 12.6 Å². The number of nitrogens with zero attached hydrogens (tertiary/aromatic N) is 1. The molecule has 1 atom stereocenters. The van der Waals surface area contributed by atoms with Crippen molar-refractivity contribution in [2.45, 2.75) is 65.5 Å². The van der Waals surface area contributed by atoms with Crippen LogP contribution in [0.15, 0.2) is 42.5 Å². The Hall–Kier alpha value is -2.73. The van der Waals surface area contributed by atoms with Gasteiger partial charge < -0.3 is 14.5 Å². The summed E-state index contributed by atoms with van der Waals surface area (Å²) in [5.74, 6) is -0.690. The van der Waals surface area contributed by atoms with E-state index in [9.17, 15) is 14.0 Å². The van der Waals surface area contributed by atoms with Crippen molar-refractivity contribution in [3.8, 4) is 0 Å². The minimum Gasteiger partial charge on any atom is -0.457 e. The fourth-order valence-corrected chi connectivity index (χ4v) is 5.00. The van der Waals surface area contributed by atoms with Crippen LogP contribution in [0, 0.1) is 19.7 Å². The van der Waals surface area contributed by atoms with Crippen LogP contribution in [0.4, 0.5) is 10.1 Å². The third-order valence-corrected chi connectivity index (χ3v) is 6.67. The molecule has 1 saturated heterocycles. The number of likely N-dealkylation sites (tertiary alicyclic amines) is 1. The molecule has 6 heteroatoms. The van der Waals surface area contributed by atoms with Gasteiger partial charge in [-0.1, -0.05) is 37.3 Å². The quantitative estimate of drug-likeness (QED) is 0.413. The topological polar surface area (TPSA) is 55.4 Å². The first-order valence-electron chi connectivity index (χ1n) is 12.0. The predicted octanol–water partition coefficient (Wildman–Crippen LogP) is 5.29. The Morgan fingerprint density at radius 2 is 1.70 bits per heavy atom. The van der Waals surface area contributed by atoms with Crippen LogP contribution in [0.25, 0.3) is 0 Å². The summed E-state index contributed by atoms with van der Waals surface area (Å²) in [5.41, 5.74) is 3.00. The first kappa shape index (κ1) is 24.9. The SMILES string of the molecule is CCCC(C(=O)Nc1c(C)cc(F)cc1C)[N+]1(CC(=O)OCc2ccccc2)CCCCC1. The maximum absolute atomic E-state index is 13.7. The van der Waals surface area contributed by atoms with Crippen molar-refractivity contribution in [1.29, 1.82) is 0 Å². The highest BCUT2D eigenvalue weighted by molar-refractivity contribution is 5.95. The number of hydrogen-bond acceptors (Lipinski definition) is 3. The summed E-state index contributed by atoms with van der Waals surface area (Å²) in [6.45, 7) is 7.63. The molecule has 33 heavy (non-hydrogen) atoms. The largest absolute Gasteiger partial charge is 0.457 e. The highest BCUT2D eigenvalue weighted by atomic mass is 19.1. The van der Waals surface area contributed by atoms with Crippen LogP contribution in [0.5, 0.6) is 0 Å². The number of piperidine rings is 1. The molecule has 2 aromatic carbocycles. The highest BCUT2D eigenvalue weighted by Gasteiger charge is 2.44. The summed E-state index contributed by atoms with van der Waals surface area (Å²) < 4.78 is 19.8. The number of nitrogens with one attached hydrogen (secondary N) is 1. The van der Waals surface area contributed by atoms with E-state index in [0.717, 1.165) is 44.3 Å². The summed E-state index contributed by atoms with van der Waals surface area (Å²) >= 11 is 0. The first-order chi connectivity index (χ1) is 15.8. The zero-order chi connectivity index (χ0) is 23.8. The third-order valence-electron chi connectivity index (χ3n) is 6.67. The van der Waals surface area contributed by atoms with Crippen molar-refractivity contribution in [3.05, 3.63) is 65.0 Å². The number of halogens is 1. The molecular weight excluding hydrogens is 419 g/mol. The van der Waals surface area contributed by atoms with Gasteiger partial charge in [0.1, 0.15) is 12.4 Å². The monoisotopic (exact) mass is 455 g/mol. The number of amides is 1. The normalized spacial score (nSPS) is 16.1. The smallest absolute Gasteiger partial charge is 0.362 e. The van der Waals surface area contributed by atoms with Gasteiger partial charge in [-0.15, -0.1) is 0 Å². The van der Waals surface area contributed by atoms with E-state index >= 15 is 0 Å². The van der Waals surface area contributed by atoms with Crippen LogP contribution in [0.2, 0.25) is 0 Å². The Kier molecular flexibility index (Phi) is 8.61. The third kappa shape index (κ3) is 6.41. The van der Waals surface area contributed by atoms with Crippen molar-refractivity contribution in [2.75, 3.05) is 25.0 Å². The number of ether oxygens (including phenoxy) is 1. The molecule has 1 fully saturated rings. The number of aryl methyl sites for hydroxylation is 2. The molecule has 1 unspecified atom stereocenters. The van der Waals surface area contributed by atoms with E-state index < -0.39 is 0 Å². The summed E-state index contributed by atoms with van der Waals surface area (Å²) in [6, 6.07) is 12.1. The molecule has 0 aliphatic carbocycles. The average molecular weight is 456 g/mol. The average Bonchev–Trinajstić information content (AvgIpc) is 2.79. The van der Waals surface area contributed by atoms with Gasteiger partial charge in [0.05, 0.1) is 13.1 Å². The van der Waals surface area contributed by atoms with E-state index in [4.69, 9.17) is 4.74 Å². The fraction of sp³-hybridized carbons (Fsp3) is 0.481. The molecule has 1 heterocycles. The molecule has 5 nitrogen and oxygen atoms in total. The van der Waals surface area contributed by atoms with Crippen molar-refractivity contribution in [1.82, 2.24) is 0 Å². The summed E-state index contributed by atoms with van der Waals surface area (Å²) in [4.78, 5) is 26.5. The molecular formula is C27H36FN2O3+. The molecule has 0 bridgehead atoms. The molecule has 1 aliphatic heterocycles. The maximum Gasteiger partial charge on any atom is 0.362 e. The van der Waals surface area contributed by atoms with Crippen LogP contribution < -0.4 is 5.32 Å². The number of anilines is 1. The predicted molar refractivity (Wildman–Crippen MR) is 128 cm³/mol. The van der Waals surface area contributed by atoms with Crippen LogP contribution >= 0.6 is 0 Å². The van der Waals surface area contributed by atoms with Crippen LogP contribution in [-0.4, -0.2) is 42.0 Å². The van der Waals surface area contributed by atoms with E-state index in [1.54, 1.807) is 13.8 Å². The second-order valence-electron chi connectivity index (χ2n) is 9.24. The molecule has 1 aliphatic rings. The molecule has 0 radical (unpaired) electrons. The second kappa shape index (κ2) is 11.4. The van der Waals surface area contributed by atoms with Gasteiger partial charge in [-0.05, 0) is 68.4 Å². The number of esters is 1. The summed E-state index contributed by atoms with van der Waals surface area (Å²) in [5, 5.41) is 3.07. The zero-order valence-corrected chi connectivity index (χ0v) is 20.0. The Balaban J connectivity index is 1.79. The fourth-order valence-electron chi connectivity index (χ4n) is 5.00. The van der Waals surface area contributed by atoms with Gasteiger partial charge in [-0.2, -0.15) is 0 Å². The number of carbonyl (C=O) groups is 2. The lowest BCUT2D eigenvalue weighted by molar-refractivity contribution is -0.940. The Bertz CT molecular complexity index is 932. The van der Waals surface area contributed by atoms with Gasteiger partial charge in [-0.3, -0.25) is 4.79 Å². The highest BCUT2D eigenvalue weighted by Crippen LogP contribution is 2.29. The number of rotatable bonds is 9. The van der Waals surface area contributed by atoms with E-state index in [1.165, 1.54) is 12.1 Å². The number of benzene rings is 2. The van der Waals surface area contributed by atoms with Gasteiger partial charge in [0.2, 0.25) is 0 Å². The van der Waals surface area contributed by atoms with Gasteiger partial charge in [-0.25, -0.2) is 9.18 Å². The van der Waals surface area contributed by atoms with E-state index in [-0.39, 0.29) is 36.9 Å². The van der Waals surface area contributed by atoms with Gasteiger partial charge in [0.25, 0.3) is 5.91 Å². The van der Waals surface area contributed by atoms with Crippen molar-refractivity contribution in [3.63, 3.8) is 0 Å². The lowest BCUT2D eigenvalue weighted by Gasteiger charge is -2.45. The number of quaternary nitrogens is 1. The van der Waals surface area contributed by atoms with Crippen LogP contribution in [0.1, 0.15) is 55.7 Å². The Labute approximate surface area is 196 Å². The molecule has 0 saturated carbocycles. The molecule has 1 N–H and O–H groups in total. The van der Waals surface area contributed by atoms with Gasteiger partial charge in [0, 0.05) is 12.1 Å². The molecule has 1 amide bonds. The second-order valence-corrected chi connectivity index (χ2v) is 9.24. The first-order valence-corrected chi connectivity index (χ1v) is 12.0. The minimum atomic E-state index is -0.358. The number of carbonyl (C=O) groups excluding carboxylic acids is 2. The van der Waals surface area contributed by atoms with Crippen molar-refractivity contribution < 1.29 is 23.2 Å². The van der Waals surface area contributed by atoms with Crippen molar-refractivity contribution in [2.24, 2.45) is 0 Å². The minimum absolute atomic E-state index is 0.104. The van der Waals surface area contributed by atoms with Crippen LogP contribution in [0.3, 0.4) is 0 Å². The van der Waals surface area contributed by atoms with Gasteiger partial charge >= 0.3 is 5.97 Å². The standard InChI is InChI=1S/C27H35FN2O3/c1-4-11-24(27(32)29-26-20(2)16-23(28)17-21(26)3)30(14-9-6-10-15-30)18-25(31)33-19-22-12-7-5-8-13-22/h5,7-8,12-13,16-17,24H,4,6,9-11,14-15,18-19H2,1-3H3/p+1. The Morgan fingerprint density at radius 3 is 2.30 bits per heavy atom. The molecule has 0 aromatic heterocycles. The molecule has 3 rings (SSSR count). The van der Waals surface area contributed by atoms with E-state index in [1.807, 2.05) is 30.3 Å². The number of hydrogen-bond donors (Lipinski definition) is 1. The molecule has 2 aromatic rings. The zero-order valence-electron chi connectivity index (χ0n) is 20.0. The van der Waals surface area contributed by atoms with Crippen molar-refractivity contribution >= 4 is 17.6 Å². The van der Waals surface area contributed by atoms with E-state index in [0.29, 0.717) is 27.7 Å². The molecule has 178 valence electrons. The lowest BCUT2D eigenvalue weighted by atomic mass is 9.98. The Morgan fingerprint density at radius 1 is 1.06 bits per heavy atom. The summed E-state index contributed by atoms with van der Waals surface area (Å²) in [6.07, 6.45) is 4.58. The lowest BCUT2D eigenvalue weighted by Crippen LogP contribution is -2.64. The molecule has 0 spiro atoms. The van der Waals surface area contributed by atoms with Crippen LogP contribution in [-0.2, 0) is 20.9 Å². The maximum atomic E-state index is 13.7. The summed E-state index contributed by atoms with van der Waals surface area (Å²) in [7, 11) is 0. The van der Waals surface area contributed by atoms with E-state index in [2.05, 4.69) is 12.2 Å².